The summed E-state index contributed by atoms with van der Waals surface area (Å²) >= 11 is 0. The third kappa shape index (κ3) is 4.65. The zero-order valence-electron chi connectivity index (χ0n) is 29.2. The Hall–Kier alpha value is -6.40. The van der Waals surface area contributed by atoms with E-state index in [1.165, 1.54) is 39.4 Å². The van der Waals surface area contributed by atoms with Gasteiger partial charge in [0.15, 0.2) is 11.4 Å². The molecule has 5 aliphatic rings. The molecule has 53 heavy (non-hydrogen) atoms. The Bertz CT molecular complexity index is 2640. The summed E-state index contributed by atoms with van der Waals surface area (Å²) in [6.45, 7) is 2.37. The number of hydrogen-bond acceptors (Lipinski definition) is 6. The van der Waals surface area contributed by atoms with Crippen LogP contribution >= 0.6 is 0 Å². The molecule has 0 bridgehead atoms. The van der Waals surface area contributed by atoms with Gasteiger partial charge in [0, 0.05) is 39.9 Å². The van der Waals surface area contributed by atoms with Crippen molar-refractivity contribution in [2.75, 3.05) is 9.80 Å². The Morgan fingerprint density at radius 1 is 0.792 bits per heavy atom. The van der Waals surface area contributed by atoms with Crippen LogP contribution in [0.4, 0.5) is 17.2 Å². The molecule has 2 aromatic heterocycles. The Morgan fingerprint density at radius 2 is 1.60 bits per heavy atom. The van der Waals surface area contributed by atoms with Gasteiger partial charge in [-0.05, 0) is 89.8 Å². The maximum Gasteiger partial charge on any atom is 0.197 e. The normalized spacial score (nSPS) is 23.7. The molecular weight excluding hydrogens is 653 g/mol. The molecule has 0 fully saturated rings. The van der Waals surface area contributed by atoms with E-state index in [4.69, 9.17) is 14.1 Å². The molecular formula is C47H36N4O2. The molecule has 0 N–H and O–H groups in total. The number of para-hydroxylation sites is 4. The molecule has 0 radical (unpaired) electrons. The van der Waals surface area contributed by atoms with E-state index >= 15 is 0 Å². The SMILES string of the molecule is CC1C(C2=CCC(N(C3=CC4c5ccccc5OC4C=C3)c3ccccc3)C=C2)=CC=C2[C@@H]1c1ccccc1N2c1ncnc2c1oc1ccccc12. The van der Waals surface area contributed by atoms with Crippen LogP contribution in [0.2, 0.25) is 0 Å². The number of aromatic nitrogens is 2. The Labute approximate surface area is 308 Å². The molecule has 2 aliphatic heterocycles. The summed E-state index contributed by atoms with van der Waals surface area (Å²) in [5.41, 5.74) is 12.3. The number of rotatable bonds is 5. The number of furan rings is 1. The predicted molar refractivity (Wildman–Crippen MR) is 211 cm³/mol. The van der Waals surface area contributed by atoms with E-state index in [0.717, 1.165) is 40.2 Å². The molecule has 4 heterocycles. The predicted octanol–water partition coefficient (Wildman–Crippen LogP) is 10.8. The van der Waals surface area contributed by atoms with E-state index in [0.29, 0.717) is 5.58 Å². The molecule has 0 saturated heterocycles. The first-order valence-electron chi connectivity index (χ1n) is 18.5. The summed E-state index contributed by atoms with van der Waals surface area (Å²) in [5, 5.41) is 1.00. The van der Waals surface area contributed by atoms with E-state index < -0.39 is 0 Å². The Balaban J connectivity index is 0.935. The van der Waals surface area contributed by atoms with E-state index in [-0.39, 0.29) is 29.9 Å². The summed E-state index contributed by atoms with van der Waals surface area (Å²) in [7, 11) is 0. The fourth-order valence-corrected chi connectivity index (χ4v) is 9.20. The van der Waals surface area contributed by atoms with Crippen molar-refractivity contribution in [1.82, 2.24) is 9.97 Å². The highest BCUT2D eigenvalue weighted by molar-refractivity contribution is 6.06. The number of allylic oxidation sites excluding steroid dienone is 7. The number of fused-ring (bicyclic) bond motifs is 9. The van der Waals surface area contributed by atoms with E-state index in [1.54, 1.807) is 6.33 Å². The van der Waals surface area contributed by atoms with Crippen LogP contribution in [0.3, 0.4) is 0 Å². The fraction of sp³-hybridized carbons (Fsp3) is 0.149. The highest BCUT2D eigenvalue weighted by Gasteiger charge is 2.42. The Kier molecular flexibility index (Phi) is 6.75. The maximum atomic E-state index is 6.43. The van der Waals surface area contributed by atoms with Gasteiger partial charge in [0.05, 0.1) is 11.7 Å². The Morgan fingerprint density at radius 3 is 2.49 bits per heavy atom. The highest BCUT2D eigenvalue weighted by atomic mass is 16.5. The van der Waals surface area contributed by atoms with E-state index in [2.05, 4.69) is 155 Å². The van der Waals surface area contributed by atoms with Crippen LogP contribution in [0, 0.1) is 5.92 Å². The van der Waals surface area contributed by atoms with Crippen molar-refractivity contribution in [2.24, 2.45) is 5.92 Å². The van der Waals surface area contributed by atoms with Gasteiger partial charge in [-0.2, -0.15) is 0 Å². The van der Waals surface area contributed by atoms with Gasteiger partial charge in [-0.25, -0.2) is 9.97 Å². The van der Waals surface area contributed by atoms with Crippen LogP contribution in [-0.2, 0) is 0 Å². The maximum absolute atomic E-state index is 6.43. The molecule has 0 amide bonds. The number of benzene rings is 4. The van der Waals surface area contributed by atoms with Crippen molar-refractivity contribution in [3.63, 3.8) is 0 Å². The zero-order valence-corrected chi connectivity index (χ0v) is 29.2. The lowest BCUT2D eigenvalue weighted by molar-refractivity contribution is 0.268. The molecule has 4 unspecified atom stereocenters. The fourth-order valence-electron chi connectivity index (χ4n) is 9.20. The summed E-state index contributed by atoms with van der Waals surface area (Å²) < 4.78 is 12.7. The molecule has 6 heteroatoms. The number of ether oxygens (including phenoxy) is 1. The van der Waals surface area contributed by atoms with Crippen LogP contribution < -0.4 is 14.5 Å². The van der Waals surface area contributed by atoms with Gasteiger partial charge in [-0.1, -0.05) is 98.0 Å². The third-order valence-corrected chi connectivity index (χ3v) is 11.6. The van der Waals surface area contributed by atoms with Gasteiger partial charge in [-0.3, -0.25) is 4.90 Å². The van der Waals surface area contributed by atoms with Crippen molar-refractivity contribution in [1.29, 1.82) is 0 Å². The molecule has 3 aliphatic carbocycles. The van der Waals surface area contributed by atoms with Gasteiger partial charge in [0.2, 0.25) is 0 Å². The van der Waals surface area contributed by atoms with Crippen LogP contribution in [0.15, 0.2) is 185 Å². The first-order chi connectivity index (χ1) is 26.2. The highest BCUT2D eigenvalue weighted by Crippen LogP contribution is 2.55. The quantitative estimate of drug-likeness (QED) is 0.180. The molecule has 11 rings (SSSR count). The minimum atomic E-state index is 0.0376. The topological polar surface area (TPSA) is 54.6 Å². The molecule has 0 spiro atoms. The van der Waals surface area contributed by atoms with Gasteiger partial charge in [0.25, 0.3) is 0 Å². The minimum Gasteiger partial charge on any atom is -0.485 e. The summed E-state index contributed by atoms with van der Waals surface area (Å²) in [5.74, 6) is 2.39. The standard InChI is InChI=1S/C47H36N4O2/c1-29-34(24-25-40-44(29)36-14-5-8-16-39(36)51(40)47-46-45(48-28-49-47)37-15-7-10-18-42(37)53-46)30-19-21-32(22-20-30)50(31-11-3-2-4-12-31)33-23-26-43-38(27-33)35-13-6-9-17-41(35)52-43/h2-21,23-29,32,38,43-44H,22H2,1H3/t29?,32?,38?,43?,44-/m0/s1. The molecule has 6 aromatic rings. The van der Waals surface area contributed by atoms with E-state index in [9.17, 15) is 0 Å². The van der Waals surface area contributed by atoms with Crippen LogP contribution in [-0.4, -0.2) is 22.1 Å². The lowest BCUT2D eigenvalue weighted by atomic mass is 9.75. The van der Waals surface area contributed by atoms with Gasteiger partial charge >= 0.3 is 0 Å². The second kappa shape index (κ2) is 11.8. The van der Waals surface area contributed by atoms with Crippen molar-refractivity contribution in [3.05, 3.63) is 192 Å². The van der Waals surface area contributed by atoms with Gasteiger partial charge < -0.3 is 14.1 Å². The molecule has 5 atom stereocenters. The van der Waals surface area contributed by atoms with Crippen LogP contribution in [0.1, 0.15) is 36.3 Å². The molecule has 6 nitrogen and oxygen atoms in total. The van der Waals surface area contributed by atoms with Crippen molar-refractivity contribution in [3.8, 4) is 5.75 Å². The monoisotopic (exact) mass is 688 g/mol. The minimum absolute atomic E-state index is 0.0376. The summed E-state index contributed by atoms with van der Waals surface area (Å²) in [4.78, 5) is 14.3. The smallest absolute Gasteiger partial charge is 0.197 e. The summed E-state index contributed by atoms with van der Waals surface area (Å²) in [6, 6.07) is 36.2. The number of hydrogen-bond donors (Lipinski definition) is 0. The van der Waals surface area contributed by atoms with Gasteiger partial charge in [0.1, 0.15) is 29.3 Å². The lowest BCUT2D eigenvalue weighted by Gasteiger charge is -2.37. The average Bonchev–Trinajstić information content (AvgIpc) is 3.89. The average molecular weight is 689 g/mol. The number of nitrogens with zero attached hydrogens (tertiary/aromatic N) is 4. The van der Waals surface area contributed by atoms with Crippen molar-refractivity contribution >= 4 is 39.3 Å². The number of anilines is 3. The lowest BCUT2D eigenvalue weighted by Crippen LogP contribution is -2.35. The third-order valence-electron chi connectivity index (χ3n) is 11.6. The van der Waals surface area contributed by atoms with Crippen molar-refractivity contribution < 1.29 is 9.15 Å². The first kappa shape index (κ1) is 30.2. The van der Waals surface area contributed by atoms with Crippen LogP contribution in [0.25, 0.3) is 22.1 Å². The summed E-state index contributed by atoms with van der Waals surface area (Å²) in [6.07, 6.45) is 21.2. The molecule has 0 saturated carbocycles. The van der Waals surface area contributed by atoms with Crippen molar-refractivity contribution in [2.45, 2.75) is 37.3 Å². The molecule has 4 aromatic carbocycles. The second-order valence-corrected chi connectivity index (χ2v) is 14.5. The molecule has 256 valence electrons. The second-order valence-electron chi connectivity index (χ2n) is 14.5. The van der Waals surface area contributed by atoms with E-state index in [1.807, 2.05) is 18.2 Å². The first-order valence-corrected chi connectivity index (χ1v) is 18.5. The van der Waals surface area contributed by atoms with Gasteiger partial charge in [-0.15, -0.1) is 0 Å². The zero-order chi connectivity index (χ0) is 35.0. The largest absolute Gasteiger partial charge is 0.485 e. The van der Waals surface area contributed by atoms with Crippen LogP contribution in [0.5, 0.6) is 5.75 Å².